The number of benzene rings is 1. The number of H-pyrrole nitrogens is 1. The standard InChI is InChI=1S/C16H21N3O2S/c1-13-10-17-18-16(13)15-8-5-9-19(11-15)22(20,21)12-14-6-3-2-4-7-14/h2-4,6-7,10,15H,5,8-9,11-12H2,1H3,(H,17,18). The van der Waals surface area contributed by atoms with Gasteiger partial charge in [0.25, 0.3) is 0 Å². The first kappa shape index (κ1) is 15.2. The quantitative estimate of drug-likeness (QED) is 0.941. The average molecular weight is 319 g/mol. The minimum atomic E-state index is -3.27. The molecular formula is C16H21N3O2S. The molecule has 1 aliphatic heterocycles. The number of piperidine rings is 1. The van der Waals surface area contributed by atoms with Crippen LogP contribution in [0, 0.1) is 6.92 Å². The summed E-state index contributed by atoms with van der Waals surface area (Å²) >= 11 is 0. The Morgan fingerprint density at radius 1 is 1.32 bits per heavy atom. The van der Waals surface area contributed by atoms with Gasteiger partial charge in [-0.1, -0.05) is 30.3 Å². The molecule has 118 valence electrons. The van der Waals surface area contributed by atoms with Crippen molar-refractivity contribution in [2.75, 3.05) is 13.1 Å². The van der Waals surface area contributed by atoms with Crippen molar-refractivity contribution in [1.29, 1.82) is 0 Å². The van der Waals surface area contributed by atoms with Gasteiger partial charge in [-0.3, -0.25) is 5.10 Å². The fourth-order valence-electron chi connectivity index (χ4n) is 3.08. The Morgan fingerprint density at radius 2 is 2.09 bits per heavy atom. The highest BCUT2D eigenvalue weighted by atomic mass is 32.2. The molecule has 1 atom stereocenters. The number of hydrogen-bond donors (Lipinski definition) is 1. The topological polar surface area (TPSA) is 66.1 Å². The molecule has 0 saturated carbocycles. The Kier molecular flexibility index (Phi) is 4.31. The third-order valence-corrected chi connectivity index (χ3v) is 6.06. The van der Waals surface area contributed by atoms with E-state index >= 15 is 0 Å². The largest absolute Gasteiger partial charge is 0.282 e. The number of hydrogen-bond acceptors (Lipinski definition) is 3. The second kappa shape index (κ2) is 6.22. The number of aromatic nitrogens is 2. The highest BCUT2D eigenvalue weighted by Gasteiger charge is 2.30. The lowest BCUT2D eigenvalue weighted by molar-refractivity contribution is 0.311. The zero-order chi connectivity index (χ0) is 15.6. The fraction of sp³-hybridized carbons (Fsp3) is 0.438. The summed E-state index contributed by atoms with van der Waals surface area (Å²) in [7, 11) is -3.27. The van der Waals surface area contributed by atoms with Gasteiger partial charge in [0, 0.05) is 24.7 Å². The Morgan fingerprint density at radius 3 is 2.77 bits per heavy atom. The van der Waals surface area contributed by atoms with Crippen molar-refractivity contribution in [3.63, 3.8) is 0 Å². The van der Waals surface area contributed by atoms with Crippen LogP contribution in [0.15, 0.2) is 36.5 Å². The zero-order valence-electron chi connectivity index (χ0n) is 12.7. The first-order chi connectivity index (χ1) is 10.6. The van der Waals surface area contributed by atoms with Gasteiger partial charge in [0.1, 0.15) is 0 Å². The van der Waals surface area contributed by atoms with E-state index < -0.39 is 10.0 Å². The van der Waals surface area contributed by atoms with E-state index in [0.29, 0.717) is 13.1 Å². The lowest BCUT2D eigenvalue weighted by Crippen LogP contribution is -2.39. The number of nitrogens with zero attached hydrogens (tertiary/aromatic N) is 2. The average Bonchev–Trinajstić information content (AvgIpc) is 2.94. The Bertz CT molecular complexity index is 725. The summed E-state index contributed by atoms with van der Waals surface area (Å²) < 4.78 is 26.9. The van der Waals surface area contributed by atoms with E-state index in [1.165, 1.54) is 0 Å². The van der Waals surface area contributed by atoms with E-state index in [4.69, 9.17) is 0 Å². The smallest absolute Gasteiger partial charge is 0.218 e. The molecule has 1 saturated heterocycles. The van der Waals surface area contributed by atoms with Gasteiger partial charge < -0.3 is 0 Å². The molecule has 6 heteroatoms. The van der Waals surface area contributed by atoms with Gasteiger partial charge in [0.2, 0.25) is 10.0 Å². The van der Waals surface area contributed by atoms with Crippen LogP contribution in [0.2, 0.25) is 0 Å². The Balaban J connectivity index is 1.75. The van der Waals surface area contributed by atoms with Crippen molar-refractivity contribution in [3.05, 3.63) is 53.3 Å². The molecule has 0 aliphatic carbocycles. The summed E-state index contributed by atoms with van der Waals surface area (Å²) in [4.78, 5) is 0. The third-order valence-electron chi connectivity index (χ3n) is 4.25. The van der Waals surface area contributed by atoms with Crippen molar-refractivity contribution < 1.29 is 8.42 Å². The predicted octanol–water partition coefficient (Wildman–Crippen LogP) is 2.43. The van der Waals surface area contributed by atoms with Crippen LogP contribution in [0.3, 0.4) is 0 Å². The van der Waals surface area contributed by atoms with E-state index in [9.17, 15) is 8.42 Å². The molecule has 22 heavy (non-hydrogen) atoms. The lowest BCUT2D eigenvalue weighted by Gasteiger charge is -2.31. The van der Waals surface area contributed by atoms with Crippen molar-refractivity contribution in [2.24, 2.45) is 0 Å². The molecule has 1 aromatic heterocycles. The molecule has 1 fully saturated rings. The number of aromatic amines is 1. The number of nitrogens with one attached hydrogen (secondary N) is 1. The molecule has 0 bridgehead atoms. The monoisotopic (exact) mass is 319 g/mol. The molecule has 3 rings (SSSR count). The second-order valence-corrected chi connectivity index (χ2v) is 7.87. The van der Waals surface area contributed by atoms with Crippen molar-refractivity contribution >= 4 is 10.0 Å². The SMILES string of the molecule is Cc1cn[nH]c1C1CCCN(S(=O)(=O)Cc2ccccc2)C1. The molecular weight excluding hydrogens is 298 g/mol. The highest BCUT2D eigenvalue weighted by molar-refractivity contribution is 7.88. The van der Waals surface area contributed by atoms with E-state index in [2.05, 4.69) is 10.2 Å². The van der Waals surface area contributed by atoms with Crippen molar-refractivity contribution in [1.82, 2.24) is 14.5 Å². The molecule has 1 aliphatic rings. The number of rotatable bonds is 4. The van der Waals surface area contributed by atoms with Crippen LogP contribution in [-0.4, -0.2) is 36.0 Å². The van der Waals surface area contributed by atoms with Crippen LogP contribution >= 0.6 is 0 Å². The minimum Gasteiger partial charge on any atom is -0.282 e. The van der Waals surface area contributed by atoms with E-state index in [1.54, 1.807) is 10.5 Å². The second-order valence-electron chi connectivity index (χ2n) is 5.91. The fourth-order valence-corrected chi connectivity index (χ4v) is 4.69. The maximum absolute atomic E-state index is 12.7. The van der Waals surface area contributed by atoms with Gasteiger partial charge in [-0.25, -0.2) is 12.7 Å². The van der Waals surface area contributed by atoms with E-state index in [-0.39, 0.29) is 11.7 Å². The van der Waals surface area contributed by atoms with Crippen LogP contribution in [0.1, 0.15) is 35.6 Å². The summed E-state index contributed by atoms with van der Waals surface area (Å²) in [6, 6.07) is 9.36. The van der Waals surface area contributed by atoms with Gasteiger partial charge in [0.15, 0.2) is 0 Å². The zero-order valence-corrected chi connectivity index (χ0v) is 13.5. The predicted molar refractivity (Wildman–Crippen MR) is 85.9 cm³/mol. The molecule has 0 spiro atoms. The van der Waals surface area contributed by atoms with Crippen LogP contribution in [0.4, 0.5) is 0 Å². The van der Waals surface area contributed by atoms with Crippen LogP contribution < -0.4 is 0 Å². The molecule has 2 heterocycles. The summed E-state index contributed by atoms with van der Waals surface area (Å²) in [5, 5.41) is 7.08. The molecule has 0 amide bonds. The van der Waals surface area contributed by atoms with E-state index in [1.807, 2.05) is 37.3 Å². The van der Waals surface area contributed by atoms with E-state index in [0.717, 1.165) is 29.7 Å². The molecule has 1 unspecified atom stereocenters. The molecule has 2 aromatic rings. The van der Waals surface area contributed by atoms with Crippen LogP contribution in [0.5, 0.6) is 0 Å². The molecule has 0 radical (unpaired) electrons. The normalized spacial score (nSPS) is 20.1. The maximum atomic E-state index is 12.7. The molecule has 1 N–H and O–H groups in total. The van der Waals surface area contributed by atoms with Gasteiger partial charge >= 0.3 is 0 Å². The van der Waals surface area contributed by atoms with Crippen molar-refractivity contribution in [2.45, 2.75) is 31.4 Å². The highest BCUT2D eigenvalue weighted by Crippen LogP contribution is 2.29. The first-order valence-electron chi connectivity index (χ1n) is 7.58. The first-order valence-corrected chi connectivity index (χ1v) is 9.19. The van der Waals surface area contributed by atoms with Gasteiger partial charge in [0.05, 0.1) is 11.9 Å². The van der Waals surface area contributed by atoms with Crippen LogP contribution in [-0.2, 0) is 15.8 Å². The summed E-state index contributed by atoms with van der Waals surface area (Å²) in [6.07, 6.45) is 3.68. The lowest BCUT2D eigenvalue weighted by atomic mass is 9.94. The Hall–Kier alpha value is -1.66. The maximum Gasteiger partial charge on any atom is 0.218 e. The van der Waals surface area contributed by atoms with Gasteiger partial charge in [-0.2, -0.15) is 5.10 Å². The van der Waals surface area contributed by atoms with Gasteiger partial charge in [-0.05, 0) is 30.9 Å². The Labute approximate surface area is 131 Å². The number of sulfonamides is 1. The minimum absolute atomic E-state index is 0.0719. The molecule has 5 nitrogen and oxygen atoms in total. The summed E-state index contributed by atoms with van der Waals surface area (Å²) in [6.45, 7) is 3.16. The number of aryl methyl sites for hydroxylation is 1. The summed E-state index contributed by atoms with van der Waals surface area (Å²) in [5.41, 5.74) is 3.01. The summed E-state index contributed by atoms with van der Waals surface area (Å²) in [5.74, 6) is 0.282. The molecule has 1 aromatic carbocycles. The van der Waals surface area contributed by atoms with Crippen LogP contribution in [0.25, 0.3) is 0 Å². The van der Waals surface area contributed by atoms with Gasteiger partial charge in [-0.15, -0.1) is 0 Å². The third kappa shape index (κ3) is 3.23. The van der Waals surface area contributed by atoms with Crippen molar-refractivity contribution in [3.8, 4) is 0 Å².